The fraction of sp³-hybridized carbons (Fsp3) is 0.875. The summed E-state index contributed by atoms with van der Waals surface area (Å²) < 4.78 is 0. The van der Waals surface area contributed by atoms with Crippen LogP contribution in [0.2, 0.25) is 0 Å². The number of amides is 1. The van der Waals surface area contributed by atoms with E-state index in [1.54, 1.807) is 0 Å². The molecule has 0 aliphatic carbocycles. The molecule has 0 saturated heterocycles. The molecule has 118 valence electrons. The fourth-order valence-corrected chi connectivity index (χ4v) is 2.01. The van der Waals surface area contributed by atoms with Gasteiger partial charge in [-0.3, -0.25) is 9.59 Å². The molecule has 0 aromatic rings. The van der Waals surface area contributed by atoms with Crippen molar-refractivity contribution in [2.24, 2.45) is 5.41 Å². The summed E-state index contributed by atoms with van der Waals surface area (Å²) in [6, 6.07) is 0. The second kappa shape index (κ2) is 10.7. The van der Waals surface area contributed by atoms with Crippen LogP contribution in [0, 0.1) is 5.41 Å². The quantitative estimate of drug-likeness (QED) is 0.568. The van der Waals surface area contributed by atoms with E-state index in [2.05, 4.69) is 26.1 Å². The molecule has 4 heteroatoms. The minimum absolute atomic E-state index is 0.124. The molecule has 0 fully saturated rings. The summed E-state index contributed by atoms with van der Waals surface area (Å²) in [5.41, 5.74) is 0.387. The van der Waals surface area contributed by atoms with Crippen molar-refractivity contribution < 1.29 is 14.7 Å². The van der Waals surface area contributed by atoms with Crippen molar-refractivity contribution >= 4 is 11.9 Å². The second-order valence-corrected chi connectivity index (χ2v) is 6.68. The zero-order chi connectivity index (χ0) is 15.4. The van der Waals surface area contributed by atoms with Gasteiger partial charge in [-0.15, -0.1) is 0 Å². The molecule has 0 aromatic carbocycles. The number of nitrogens with one attached hydrogen (secondary N) is 1. The van der Waals surface area contributed by atoms with Gasteiger partial charge in [-0.25, -0.2) is 0 Å². The van der Waals surface area contributed by atoms with Gasteiger partial charge in [-0.05, 0) is 31.1 Å². The summed E-state index contributed by atoms with van der Waals surface area (Å²) in [6.07, 6.45) is 7.72. The molecule has 0 atom stereocenters. The van der Waals surface area contributed by atoms with Crippen molar-refractivity contribution in [2.45, 2.75) is 78.6 Å². The molecule has 1 amide bonds. The van der Waals surface area contributed by atoms with E-state index in [0.717, 1.165) is 25.7 Å². The van der Waals surface area contributed by atoms with Crippen molar-refractivity contribution in [1.29, 1.82) is 0 Å². The predicted molar refractivity (Wildman–Crippen MR) is 81.7 cm³/mol. The van der Waals surface area contributed by atoms with Gasteiger partial charge in [0, 0.05) is 19.4 Å². The Kier molecular flexibility index (Phi) is 10.1. The summed E-state index contributed by atoms with van der Waals surface area (Å²) in [4.78, 5) is 21.8. The number of aliphatic carboxylic acids is 1. The van der Waals surface area contributed by atoms with Gasteiger partial charge in [0.2, 0.25) is 5.91 Å². The highest BCUT2D eigenvalue weighted by Crippen LogP contribution is 2.22. The number of hydrogen-bond acceptors (Lipinski definition) is 2. The largest absolute Gasteiger partial charge is 0.481 e. The van der Waals surface area contributed by atoms with Crippen LogP contribution in [-0.4, -0.2) is 23.5 Å². The zero-order valence-electron chi connectivity index (χ0n) is 13.3. The van der Waals surface area contributed by atoms with E-state index in [9.17, 15) is 9.59 Å². The zero-order valence-corrected chi connectivity index (χ0v) is 13.3. The van der Waals surface area contributed by atoms with Crippen molar-refractivity contribution in [3.63, 3.8) is 0 Å². The normalized spacial score (nSPS) is 11.3. The molecule has 0 aromatic heterocycles. The van der Waals surface area contributed by atoms with Crippen molar-refractivity contribution in [3.05, 3.63) is 0 Å². The highest BCUT2D eigenvalue weighted by atomic mass is 16.4. The minimum atomic E-state index is -0.746. The van der Waals surface area contributed by atoms with E-state index < -0.39 is 5.97 Å². The molecule has 0 heterocycles. The monoisotopic (exact) mass is 285 g/mol. The lowest BCUT2D eigenvalue weighted by atomic mass is 9.89. The molecule has 4 nitrogen and oxygen atoms in total. The molecule has 0 spiro atoms. The van der Waals surface area contributed by atoms with Crippen LogP contribution in [0.4, 0.5) is 0 Å². The number of carboxylic acid groups (broad SMARTS) is 1. The maximum Gasteiger partial charge on any atom is 0.303 e. The lowest BCUT2D eigenvalue weighted by Crippen LogP contribution is -2.24. The third kappa shape index (κ3) is 15.0. The average Bonchev–Trinajstić information content (AvgIpc) is 2.31. The van der Waals surface area contributed by atoms with Crippen LogP contribution in [0.15, 0.2) is 0 Å². The number of carbonyl (C=O) groups is 2. The molecule has 0 aliphatic rings. The topological polar surface area (TPSA) is 66.4 Å². The van der Waals surface area contributed by atoms with E-state index in [4.69, 9.17) is 5.11 Å². The summed E-state index contributed by atoms with van der Waals surface area (Å²) in [5.74, 6) is -0.622. The SMILES string of the molecule is CC(C)(C)CCCCCC(=O)NCCCCCC(=O)O. The van der Waals surface area contributed by atoms with E-state index in [0.29, 0.717) is 24.8 Å². The Balaban J connectivity index is 3.31. The van der Waals surface area contributed by atoms with Crippen molar-refractivity contribution in [2.75, 3.05) is 6.54 Å². The molecular weight excluding hydrogens is 254 g/mol. The van der Waals surface area contributed by atoms with Crippen molar-refractivity contribution in [3.8, 4) is 0 Å². The van der Waals surface area contributed by atoms with Gasteiger partial charge in [-0.1, -0.05) is 40.0 Å². The Morgan fingerprint density at radius 1 is 0.900 bits per heavy atom. The first-order valence-corrected chi connectivity index (χ1v) is 7.80. The van der Waals surface area contributed by atoms with Gasteiger partial charge >= 0.3 is 5.97 Å². The highest BCUT2D eigenvalue weighted by Gasteiger charge is 2.09. The molecular formula is C16H31NO3. The summed E-state index contributed by atoms with van der Waals surface area (Å²) in [7, 11) is 0. The first-order valence-electron chi connectivity index (χ1n) is 7.80. The Morgan fingerprint density at radius 2 is 1.50 bits per heavy atom. The van der Waals surface area contributed by atoms with Crippen LogP contribution in [0.1, 0.15) is 78.6 Å². The number of carbonyl (C=O) groups excluding carboxylic acids is 1. The smallest absolute Gasteiger partial charge is 0.303 e. The van der Waals surface area contributed by atoms with Gasteiger partial charge in [0.25, 0.3) is 0 Å². The fourth-order valence-electron chi connectivity index (χ4n) is 2.01. The number of unbranched alkanes of at least 4 members (excludes halogenated alkanes) is 4. The van der Waals surface area contributed by atoms with Crippen LogP contribution in [0.5, 0.6) is 0 Å². The number of rotatable bonds is 11. The van der Waals surface area contributed by atoms with Crippen LogP contribution in [-0.2, 0) is 9.59 Å². The Labute approximate surface area is 123 Å². The lowest BCUT2D eigenvalue weighted by Gasteiger charge is -2.17. The Morgan fingerprint density at radius 3 is 2.10 bits per heavy atom. The second-order valence-electron chi connectivity index (χ2n) is 6.68. The van der Waals surface area contributed by atoms with E-state index in [1.807, 2.05) is 0 Å². The Bertz CT molecular complexity index is 282. The molecule has 0 radical (unpaired) electrons. The molecule has 0 unspecified atom stereocenters. The highest BCUT2D eigenvalue weighted by molar-refractivity contribution is 5.75. The standard InChI is InChI=1S/C16H31NO3/c1-16(2,3)12-8-4-6-10-14(18)17-13-9-5-7-11-15(19)20/h4-13H2,1-3H3,(H,17,18)(H,19,20). The van der Waals surface area contributed by atoms with E-state index >= 15 is 0 Å². The minimum Gasteiger partial charge on any atom is -0.481 e. The van der Waals surface area contributed by atoms with Gasteiger partial charge in [0.1, 0.15) is 0 Å². The lowest BCUT2D eigenvalue weighted by molar-refractivity contribution is -0.137. The van der Waals surface area contributed by atoms with Gasteiger partial charge in [-0.2, -0.15) is 0 Å². The summed E-state index contributed by atoms with van der Waals surface area (Å²) >= 11 is 0. The third-order valence-electron chi connectivity index (χ3n) is 3.22. The number of carboxylic acids is 1. The molecule has 0 rings (SSSR count). The van der Waals surface area contributed by atoms with Gasteiger partial charge in [0.15, 0.2) is 0 Å². The molecule has 0 aliphatic heterocycles. The Hall–Kier alpha value is -1.06. The average molecular weight is 285 g/mol. The van der Waals surface area contributed by atoms with Crippen LogP contribution in [0.25, 0.3) is 0 Å². The van der Waals surface area contributed by atoms with Crippen molar-refractivity contribution in [1.82, 2.24) is 5.32 Å². The maximum absolute atomic E-state index is 11.5. The van der Waals surface area contributed by atoms with Crippen LogP contribution < -0.4 is 5.32 Å². The molecule has 2 N–H and O–H groups in total. The van der Waals surface area contributed by atoms with Gasteiger partial charge in [0.05, 0.1) is 0 Å². The summed E-state index contributed by atoms with van der Waals surface area (Å²) in [6.45, 7) is 7.39. The summed E-state index contributed by atoms with van der Waals surface area (Å²) in [5, 5.41) is 11.4. The predicted octanol–water partition coefficient (Wildman–Crippen LogP) is 3.74. The van der Waals surface area contributed by atoms with Gasteiger partial charge < -0.3 is 10.4 Å². The molecule has 0 bridgehead atoms. The number of hydrogen-bond donors (Lipinski definition) is 2. The third-order valence-corrected chi connectivity index (χ3v) is 3.22. The molecule has 0 saturated carbocycles. The molecule has 20 heavy (non-hydrogen) atoms. The first kappa shape index (κ1) is 18.9. The first-order chi connectivity index (χ1) is 9.31. The van der Waals surface area contributed by atoms with E-state index in [1.165, 1.54) is 12.8 Å². The van der Waals surface area contributed by atoms with Crippen LogP contribution in [0.3, 0.4) is 0 Å². The van der Waals surface area contributed by atoms with E-state index in [-0.39, 0.29) is 12.3 Å². The van der Waals surface area contributed by atoms with Crippen LogP contribution >= 0.6 is 0 Å². The maximum atomic E-state index is 11.5.